The highest BCUT2D eigenvalue weighted by atomic mass is 17.2. The molecule has 1 saturated heterocycles. The van der Waals surface area contributed by atoms with Crippen molar-refractivity contribution in [1.29, 1.82) is 0 Å². The second-order valence-corrected chi connectivity index (χ2v) is 12.6. The van der Waals surface area contributed by atoms with E-state index in [1.54, 1.807) is 0 Å². The highest BCUT2D eigenvalue weighted by molar-refractivity contribution is 5.65. The van der Waals surface area contributed by atoms with Gasteiger partial charge in [0.1, 0.15) is 6.10 Å². The number of rotatable bonds is 13. The average molecular weight is 540 g/mol. The first-order valence-corrected chi connectivity index (χ1v) is 15.5. The second-order valence-electron chi connectivity index (χ2n) is 12.6. The zero-order valence-corrected chi connectivity index (χ0v) is 23.6. The Morgan fingerprint density at radius 1 is 1.13 bits per heavy atom. The number of unbranched alkanes of at least 4 members (excludes halogenated alkanes) is 7. The monoisotopic (exact) mass is 539 g/mol. The summed E-state index contributed by atoms with van der Waals surface area (Å²) >= 11 is 0. The molecule has 2 saturated carbocycles. The van der Waals surface area contributed by atoms with Crippen molar-refractivity contribution < 1.29 is 29.1 Å². The van der Waals surface area contributed by atoms with Crippen molar-refractivity contribution in [3.8, 4) is 11.5 Å². The first kappa shape index (κ1) is 26.9. The van der Waals surface area contributed by atoms with Crippen molar-refractivity contribution in [2.24, 2.45) is 5.92 Å². The molecule has 7 heteroatoms. The molecular formula is C32H45NO6. The summed E-state index contributed by atoms with van der Waals surface area (Å²) in [5.41, 5.74) is 1.84. The van der Waals surface area contributed by atoms with Crippen LogP contribution in [0.2, 0.25) is 0 Å². The van der Waals surface area contributed by atoms with E-state index in [-0.39, 0.29) is 12.1 Å². The zero-order chi connectivity index (χ0) is 27.0. The fourth-order valence-corrected chi connectivity index (χ4v) is 7.94. The van der Waals surface area contributed by atoms with Gasteiger partial charge in [-0.25, -0.2) is 4.89 Å². The van der Waals surface area contributed by atoms with E-state index in [0.717, 1.165) is 68.7 Å². The normalized spacial score (nSPS) is 30.5. The molecule has 4 atom stereocenters. The first-order valence-electron chi connectivity index (χ1n) is 15.5. The lowest BCUT2D eigenvalue weighted by atomic mass is 9.48. The smallest absolute Gasteiger partial charge is 0.481 e. The van der Waals surface area contributed by atoms with E-state index in [1.165, 1.54) is 50.5 Å². The van der Waals surface area contributed by atoms with E-state index in [2.05, 4.69) is 24.5 Å². The van der Waals surface area contributed by atoms with E-state index in [1.807, 2.05) is 6.07 Å². The Bertz CT molecular complexity index is 1080. The summed E-state index contributed by atoms with van der Waals surface area (Å²) in [6.07, 6.45) is 13.9. The number of piperidine rings is 1. The Balaban J connectivity index is 1.10. The van der Waals surface area contributed by atoms with E-state index >= 15 is 0 Å². The first-order chi connectivity index (χ1) is 19.0. The van der Waals surface area contributed by atoms with Gasteiger partial charge in [-0.1, -0.05) is 64.5 Å². The fraction of sp³-hybridized carbons (Fsp3) is 0.719. The maximum absolute atomic E-state index is 12.4. The summed E-state index contributed by atoms with van der Waals surface area (Å²) in [5.74, 6) is 1.72. The molecule has 0 aromatic heterocycles. The molecule has 6 rings (SSSR count). The predicted molar refractivity (Wildman–Crippen MR) is 148 cm³/mol. The maximum atomic E-state index is 12.4. The molecule has 214 valence electrons. The van der Waals surface area contributed by atoms with Crippen LogP contribution in [0.4, 0.5) is 4.79 Å². The van der Waals surface area contributed by atoms with E-state index in [9.17, 15) is 9.90 Å². The number of carbonyl (C=O) groups is 1. The summed E-state index contributed by atoms with van der Waals surface area (Å²) in [4.78, 5) is 25.4. The number of ether oxygens (including phenoxy) is 2. The topological polar surface area (TPSA) is 77.5 Å². The molecule has 1 aromatic rings. The summed E-state index contributed by atoms with van der Waals surface area (Å²) < 4.78 is 11.8. The number of hydrogen-bond acceptors (Lipinski definition) is 7. The zero-order valence-electron chi connectivity index (χ0n) is 23.6. The summed E-state index contributed by atoms with van der Waals surface area (Å²) in [6.45, 7) is 8.93. The second kappa shape index (κ2) is 11.0. The van der Waals surface area contributed by atoms with Crippen molar-refractivity contribution in [3.63, 3.8) is 0 Å². The average Bonchev–Trinajstić information content (AvgIpc) is 3.67. The van der Waals surface area contributed by atoms with Crippen LogP contribution < -0.4 is 9.62 Å². The Morgan fingerprint density at radius 2 is 1.90 bits per heavy atom. The van der Waals surface area contributed by atoms with Crippen molar-refractivity contribution >= 4 is 6.16 Å². The largest absolute Gasteiger partial charge is 0.549 e. The van der Waals surface area contributed by atoms with Gasteiger partial charge in [0, 0.05) is 18.2 Å². The Hall–Kier alpha value is -2.25. The lowest BCUT2D eigenvalue weighted by Crippen LogP contribution is -2.75. The molecule has 5 aliphatic rings. The summed E-state index contributed by atoms with van der Waals surface area (Å²) in [7, 11) is 0. The van der Waals surface area contributed by atoms with Crippen LogP contribution in [0.15, 0.2) is 24.3 Å². The van der Waals surface area contributed by atoms with Crippen molar-refractivity contribution in [2.45, 2.75) is 120 Å². The van der Waals surface area contributed by atoms with Crippen LogP contribution in [0.1, 0.15) is 102 Å². The standard InChI is InChI=1S/C32H45NO6/c1-3-4-5-6-7-8-9-10-19-36-30(34)39-38-25-14-13-24-20-26-32(35)16-15-22(2)29-31(32,27(24)28(25)37-29)17-18-33(26)21-23-11-12-23/h13-14,23,26,29,35H,2-12,15-21H2,1H3/t26?,29-,31-,32+/m0/s1. The molecule has 39 heavy (non-hydrogen) atoms. The van der Waals surface area contributed by atoms with Gasteiger partial charge in [-0.15, -0.1) is 0 Å². The van der Waals surface area contributed by atoms with Gasteiger partial charge in [0.05, 0.1) is 17.6 Å². The van der Waals surface area contributed by atoms with Gasteiger partial charge in [0.2, 0.25) is 5.75 Å². The third kappa shape index (κ3) is 4.73. The van der Waals surface area contributed by atoms with Crippen molar-refractivity contribution in [3.05, 3.63) is 35.4 Å². The van der Waals surface area contributed by atoms with Gasteiger partial charge in [-0.2, -0.15) is 4.79 Å². The van der Waals surface area contributed by atoms with Crippen LogP contribution in [0, 0.1) is 5.92 Å². The number of nitrogens with zero attached hydrogens (tertiary/aromatic N) is 1. The van der Waals surface area contributed by atoms with Crippen LogP contribution in [0.25, 0.3) is 0 Å². The minimum absolute atomic E-state index is 0.0823. The maximum Gasteiger partial charge on any atom is 0.549 e. The molecule has 2 aliphatic heterocycles. The van der Waals surface area contributed by atoms with Crippen LogP contribution >= 0.6 is 0 Å². The van der Waals surface area contributed by atoms with E-state index < -0.39 is 17.2 Å². The number of aliphatic hydroxyl groups is 1. The van der Waals surface area contributed by atoms with Gasteiger partial charge in [-0.05, 0) is 74.6 Å². The highest BCUT2D eigenvalue weighted by Crippen LogP contribution is 2.66. The minimum Gasteiger partial charge on any atom is -0.481 e. The quantitative estimate of drug-likeness (QED) is 0.102. The molecule has 1 spiro atoms. The van der Waals surface area contributed by atoms with Gasteiger partial charge in [0.15, 0.2) is 5.75 Å². The molecule has 1 aromatic carbocycles. The minimum atomic E-state index is -0.876. The number of hydrogen-bond donors (Lipinski definition) is 1. The third-order valence-electron chi connectivity index (χ3n) is 10.1. The van der Waals surface area contributed by atoms with Crippen LogP contribution in [-0.2, 0) is 21.5 Å². The van der Waals surface area contributed by atoms with Gasteiger partial charge < -0.3 is 14.6 Å². The predicted octanol–water partition coefficient (Wildman–Crippen LogP) is 6.39. The molecule has 3 fully saturated rings. The van der Waals surface area contributed by atoms with Crippen LogP contribution in [0.5, 0.6) is 11.5 Å². The van der Waals surface area contributed by atoms with Crippen LogP contribution in [0.3, 0.4) is 0 Å². The summed E-state index contributed by atoms with van der Waals surface area (Å²) in [5, 5.41) is 12.4. The Labute approximate surface area is 232 Å². The Morgan fingerprint density at radius 3 is 2.67 bits per heavy atom. The lowest BCUT2D eigenvalue weighted by Gasteiger charge is -2.63. The SMILES string of the molecule is C=C1CC[C@@]2(O)C3Cc4ccc(OOC(=O)OCCCCCCCCCC)c5c4[C@@]2(CCN3CC2CC2)[C@H]1O5. The molecule has 0 amide bonds. The third-order valence-corrected chi connectivity index (χ3v) is 10.1. The van der Waals surface area contributed by atoms with Gasteiger partial charge in [-0.3, -0.25) is 9.79 Å². The highest BCUT2D eigenvalue weighted by Gasteiger charge is 2.72. The van der Waals surface area contributed by atoms with Gasteiger partial charge in [0.25, 0.3) is 0 Å². The molecule has 1 unspecified atom stereocenters. The number of carbonyl (C=O) groups excluding carboxylic acids is 1. The Kier molecular flexibility index (Phi) is 7.58. The fourth-order valence-electron chi connectivity index (χ4n) is 7.94. The molecule has 0 radical (unpaired) electrons. The number of likely N-dealkylation sites (tertiary alicyclic amines) is 1. The van der Waals surface area contributed by atoms with Crippen LogP contribution in [-0.4, -0.2) is 53.6 Å². The van der Waals surface area contributed by atoms with E-state index in [4.69, 9.17) is 19.2 Å². The van der Waals surface area contributed by atoms with Crippen molar-refractivity contribution in [1.82, 2.24) is 4.90 Å². The molecule has 3 aliphatic carbocycles. The molecule has 2 heterocycles. The summed E-state index contributed by atoms with van der Waals surface area (Å²) in [6, 6.07) is 3.96. The van der Waals surface area contributed by atoms with E-state index in [0.29, 0.717) is 24.5 Å². The van der Waals surface area contributed by atoms with Gasteiger partial charge >= 0.3 is 6.16 Å². The van der Waals surface area contributed by atoms with Crippen molar-refractivity contribution in [2.75, 3.05) is 19.7 Å². The molecular weight excluding hydrogens is 494 g/mol. The lowest BCUT2D eigenvalue weighted by molar-refractivity contribution is -0.175. The molecule has 7 nitrogen and oxygen atoms in total. The number of benzene rings is 1. The molecule has 2 bridgehead atoms. The molecule has 1 N–H and O–H groups in total.